The predicted octanol–water partition coefficient (Wildman–Crippen LogP) is 4.32. The predicted molar refractivity (Wildman–Crippen MR) is 99.0 cm³/mol. The Morgan fingerprint density at radius 3 is 2.50 bits per heavy atom. The molecule has 0 spiro atoms. The zero-order valence-electron chi connectivity index (χ0n) is 14.2. The molecule has 3 aromatic rings. The molecule has 3 rings (SSSR count). The standard InChI is InChI=1S/C18H17ClN2O4S/c1-12-18(13(2)25-20-12)11-24-16-6-8-17(9-7-16)26(22,23)21-15-5-3-4-14(19)10-15/h3-10,21H,11H2,1-2H3. The average molecular weight is 393 g/mol. The van der Waals surface area contributed by atoms with E-state index in [1.165, 1.54) is 12.1 Å². The first-order valence-electron chi connectivity index (χ1n) is 7.78. The maximum atomic E-state index is 12.4. The van der Waals surface area contributed by atoms with Gasteiger partial charge in [-0.1, -0.05) is 22.8 Å². The van der Waals surface area contributed by atoms with Crippen molar-refractivity contribution in [3.05, 3.63) is 70.6 Å². The van der Waals surface area contributed by atoms with E-state index in [4.69, 9.17) is 20.9 Å². The molecular weight excluding hydrogens is 376 g/mol. The van der Waals surface area contributed by atoms with Gasteiger partial charge in [0.05, 0.1) is 21.8 Å². The molecule has 6 nitrogen and oxygen atoms in total. The van der Waals surface area contributed by atoms with Crippen LogP contribution in [0.5, 0.6) is 5.75 Å². The third kappa shape index (κ3) is 4.17. The van der Waals surface area contributed by atoms with Crippen molar-refractivity contribution in [1.82, 2.24) is 5.16 Å². The molecule has 0 aliphatic heterocycles. The van der Waals surface area contributed by atoms with Gasteiger partial charge in [-0.25, -0.2) is 8.42 Å². The third-order valence-corrected chi connectivity index (χ3v) is 5.41. The van der Waals surface area contributed by atoms with Crippen molar-refractivity contribution in [3.8, 4) is 5.75 Å². The molecule has 26 heavy (non-hydrogen) atoms. The molecule has 0 fully saturated rings. The minimum Gasteiger partial charge on any atom is -0.489 e. The number of sulfonamides is 1. The van der Waals surface area contributed by atoms with Crippen LogP contribution < -0.4 is 9.46 Å². The molecule has 0 aliphatic rings. The number of anilines is 1. The van der Waals surface area contributed by atoms with Crippen LogP contribution in [-0.2, 0) is 16.6 Å². The zero-order chi connectivity index (χ0) is 18.7. The van der Waals surface area contributed by atoms with Crippen molar-refractivity contribution < 1.29 is 17.7 Å². The number of aryl methyl sites for hydroxylation is 2. The molecule has 0 unspecified atom stereocenters. The number of benzene rings is 2. The summed E-state index contributed by atoms with van der Waals surface area (Å²) in [5, 5.41) is 4.32. The van der Waals surface area contributed by atoms with Crippen LogP contribution in [0.4, 0.5) is 5.69 Å². The number of hydrogen-bond acceptors (Lipinski definition) is 5. The fraction of sp³-hybridized carbons (Fsp3) is 0.167. The molecule has 0 saturated carbocycles. The number of aromatic nitrogens is 1. The highest BCUT2D eigenvalue weighted by atomic mass is 35.5. The Hall–Kier alpha value is -2.51. The fourth-order valence-corrected chi connectivity index (χ4v) is 3.58. The maximum absolute atomic E-state index is 12.4. The van der Waals surface area contributed by atoms with E-state index < -0.39 is 10.0 Å². The lowest BCUT2D eigenvalue weighted by atomic mass is 10.2. The van der Waals surface area contributed by atoms with Gasteiger partial charge in [-0.05, 0) is 56.3 Å². The summed E-state index contributed by atoms with van der Waals surface area (Å²) >= 11 is 5.88. The van der Waals surface area contributed by atoms with E-state index in [1.54, 1.807) is 36.4 Å². The summed E-state index contributed by atoms with van der Waals surface area (Å²) in [6, 6.07) is 12.7. The quantitative estimate of drug-likeness (QED) is 0.675. The van der Waals surface area contributed by atoms with Gasteiger partial charge in [-0.2, -0.15) is 0 Å². The Morgan fingerprint density at radius 2 is 1.88 bits per heavy atom. The molecule has 2 aromatic carbocycles. The highest BCUT2D eigenvalue weighted by molar-refractivity contribution is 7.92. The fourth-order valence-electron chi connectivity index (χ4n) is 2.34. The number of nitrogens with zero attached hydrogens (tertiary/aromatic N) is 1. The van der Waals surface area contributed by atoms with Crippen LogP contribution in [0.15, 0.2) is 57.9 Å². The second kappa shape index (κ2) is 7.39. The van der Waals surface area contributed by atoms with Crippen LogP contribution in [0.3, 0.4) is 0 Å². The molecule has 1 heterocycles. The van der Waals surface area contributed by atoms with E-state index in [1.807, 2.05) is 13.8 Å². The summed E-state index contributed by atoms with van der Waals surface area (Å²) in [5.74, 6) is 1.25. The van der Waals surface area contributed by atoms with Crippen LogP contribution >= 0.6 is 11.6 Å². The van der Waals surface area contributed by atoms with E-state index in [-0.39, 0.29) is 4.90 Å². The van der Waals surface area contributed by atoms with Crippen molar-refractivity contribution in [2.24, 2.45) is 0 Å². The van der Waals surface area contributed by atoms with Crippen molar-refractivity contribution in [2.75, 3.05) is 4.72 Å². The molecule has 0 atom stereocenters. The largest absolute Gasteiger partial charge is 0.489 e. The van der Waals surface area contributed by atoms with Crippen LogP contribution in [0, 0.1) is 13.8 Å². The molecular formula is C18H17ClN2O4S. The number of nitrogens with one attached hydrogen (secondary N) is 1. The van der Waals surface area contributed by atoms with Gasteiger partial charge in [0.1, 0.15) is 18.1 Å². The van der Waals surface area contributed by atoms with Gasteiger partial charge in [0.15, 0.2) is 0 Å². The molecule has 8 heteroatoms. The number of ether oxygens (including phenoxy) is 1. The Bertz CT molecular complexity index is 994. The molecule has 0 saturated heterocycles. The highest BCUT2D eigenvalue weighted by Crippen LogP contribution is 2.22. The topological polar surface area (TPSA) is 81.4 Å². The minimum absolute atomic E-state index is 0.127. The molecule has 0 aliphatic carbocycles. The molecule has 0 radical (unpaired) electrons. The van der Waals surface area contributed by atoms with Crippen molar-refractivity contribution in [2.45, 2.75) is 25.3 Å². The van der Waals surface area contributed by atoms with Crippen molar-refractivity contribution in [3.63, 3.8) is 0 Å². The van der Waals surface area contributed by atoms with E-state index in [2.05, 4.69) is 9.88 Å². The van der Waals surface area contributed by atoms with Gasteiger partial charge in [-0.15, -0.1) is 0 Å². The molecule has 0 amide bonds. The van der Waals surface area contributed by atoms with E-state index in [9.17, 15) is 8.42 Å². The zero-order valence-corrected chi connectivity index (χ0v) is 15.8. The van der Waals surface area contributed by atoms with Crippen molar-refractivity contribution >= 4 is 27.3 Å². The third-order valence-electron chi connectivity index (χ3n) is 3.78. The normalized spacial score (nSPS) is 11.3. The van der Waals surface area contributed by atoms with Crippen LogP contribution in [0.25, 0.3) is 0 Å². The van der Waals surface area contributed by atoms with Gasteiger partial charge >= 0.3 is 0 Å². The van der Waals surface area contributed by atoms with E-state index >= 15 is 0 Å². The summed E-state index contributed by atoms with van der Waals surface area (Å²) in [6.07, 6.45) is 0. The summed E-state index contributed by atoms with van der Waals surface area (Å²) < 4.78 is 38.1. The van der Waals surface area contributed by atoms with Gasteiger partial charge < -0.3 is 9.26 Å². The van der Waals surface area contributed by atoms with Crippen LogP contribution in [0.2, 0.25) is 5.02 Å². The summed E-state index contributed by atoms with van der Waals surface area (Å²) in [4.78, 5) is 0.127. The average Bonchev–Trinajstić information content (AvgIpc) is 2.91. The van der Waals surface area contributed by atoms with Gasteiger partial charge in [0, 0.05) is 5.02 Å². The Morgan fingerprint density at radius 1 is 1.15 bits per heavy atom. The molecule has 0 bridgehead atoms. The van der Waals surface area contributed by atoms with E-state index in [0.717, 1.165) is 11.3 Å². The van der Waals surface area contributed by atoms with Gasteiger partial charge in [0.2, 0.25) is 0 Å². The van der Waals surface area contributed by atoms with Crippen molar-refractivity contribution in [1.29, 1.82) is 0 Å². The molecule has 136 valence electrons. The van der Waals surface area contributed by atoms with E-state index in [0.29, 0.717) is 28.8 Å². The molecule has 1 N–H and O–H groups in total. The second-order valence-corrected chi connectivity index (χ2v) is 7.80. The maximum Gasteiger partial charge on any atom is 0.261 e. The Balaban J connectivity index is 1.70. The monoisotopic (exact) mass is 392 g/mol. The summed E-state index contributed by atoms with van der Waals surface area (Å²) in [6.45, 7) is 3.95. The first-order valence-corrected chi connectivity index (χ1v) is 9.64. The van der Waals surface area contributed by atoms with Gasteiger partial charge in [0.25, 0.3) is 10.0 Å². The molecule has 1 aromatic heterocycles. The lowest BCUT2D eigenvalue weighted by Crippen LogP contribution is -2.12. The number of hydrogen-bond donors (Lipinski definition) is 1. The first kappa shape index (κ1) is 18.3. The lowest BCUT2D eigenvalue weighted by molar-refractivity contribution is 0.301. The Labute approximate surface area is 156 Å². The number of rotatable bonds is 6. The number of halogens is 1. The second-order valence-electron chi connectivity index (χ2n) is 5.68. The Kier molecular flexibility index (Phi) is 5.20. The van der Waals surface area contributed by atoms with Crippen LogP contribution in [-0.4, -0.2) is 13.6 Å². The highest BCUT2D eigenvalue weighted by Gasteiger charge is 2.15. The first-order chi connectivity index (χ1) is 12.3. The minimum atomic E-state index is -3.71. The smallest absolute Gasteiger partial charge is 0.261 e. The van der Waals surface area contributed by atoms with Gasteiger partial charge in [-0.3, -0.25) is 4.72 Å². The van der Waals surface area contributed by atoms with Crippen LogP contribution in [0.1, 0.15) is 17.0 Å². The SMILES string of the molecule is Cc1noc(C)c1COc1ccc(S(=O)(=O)Nc2cccc(Cl)c2)cc1. The summed E-state index contributed by atoms with van der Waals surface area (Å²) in [7, 11) is -3.71. The lowest BCUT2D eigenvalue weighted by Gasteiger charge is -2.10. The summed E-state index contributed by atoms with van der Waals surface area (Å²) in [5.41, 5.74) is 2.05.